The molecule has 2 atom stereocenters. The first kappa shape index (κ1) is 14.1. The third-order valence-corrected chi connectivity index (χ3v) is 5.50. The molecule has 2 heteroatoms. The van der Waals surface area contributed by atoms with Crippen molar-refractivity contribution in [2.75, 3.05) is 0 Å². The van der Waals surface area contributed by atoms with Crippen LogP contribution in [-0.4, -0.2) is 5.11 Å². The molecule has 0 amide bonds. The van der Waals surface area contributed by atoms with E-state index >= 15 is 0 Å². The summed E-state index contributed by atoms with van der Waals surface area (Å²) in [5.74, 6) is 0.795. The predicted molar refractivity (Wildman–Crippen MR) is 78.8 cm³/mol. The molecule has 20 heavy (non-hydrogen) atoms. The van der Waals surface area contributed by atoms with E-state index in [1.807, 2.05) is 0 Å². The van der Waals surface area contributed by atoms with Crippen LogP contribution in [0.1, 0.15) is 63.4 Å². The van der Waals surface area contributed by atoms with E-state index < -0.39 is 5.60 Å². The number of halogens is 1. The number of hydrogen-bond acceptors (Lipinski definition) is 1. The Morgan fingerprint density at radius 1 is 0.900 bits per heavy atom. The highest BCUT2D eigenvalue weighted by Gasteiger charge is 2.44. The molecule has 3 rings (SSSR count). The van der Waals surface area contributed by atoms with Crippen molar-refractivity contribution in [1.29, 1.82) is 0 Å². The minimum Gasteiger partial charge on any atom is -0.385 e. The van der Waals surface area contributed by atoms with Gasteiger partial charge in [0, 0.05) is 0 Å². The Labute approximate surface area is 121 Å². The lowest BCUT2D eigenvalue weighted by molar-refractivity contribution is -0.0835. The zero-order valence-electron chi connectivity index (χ0n) is 12.2. The van der Waals surface area contributed by atoms with Gasteiger partial charge in [0.15, 0.2) is 0 Å². The van der Waals surface area contributed by atoms with Crippen molar-refractivity contribution < 1.29 is 9.50 Å². The Morgan fingerprint density at radius 2 is 1.55 bits per heavy atom. The largest absolute Gasteiger partial charge is 0.385 e. The summed E-state index contributed by atoms with van der Waals surface area (Å²) >= 11 is 0. The molecule has 1 nitrogen and oxygen atoms in total. The summed E-state index contributed by atoms with van der Waals surface area (Å²) in [5.41, 5.74) is 0.197. The van der Waals surface area contributed by atoms with Gasteiger partial charge >= 0.3 is 0 Å². The SMILES string of the molecule is OC1(c2ccc(F)cc2)CCCCC1C1CCCCC1. The van der Waals surface area contributed by atoms with Gasteiger partial charge in [-0.3, -0.25) is 0 Å². The van der Waals surface area contributed by atoms with Crippen LogP contribution < -0.4 is 0 Å². The van der Waals surface area contributed by atoms with E-state index in [-0.39, 0.29) is 5.82 Å². The quantitative estimate of drug-likeness (QED) is 0.824. The van der Waals surface area contributed by atoms with Gasteiger partial charge in [-0.1, -0.05) is 57.1 Å². The van der Waals surface area contributed by atoms with Gasteiger partial charge in [0.2, 0.25) is 0 Å². The second-order valence-corrected chi connectivity index (χ2v) is 6.68. The van der Waals surface area contributed by atoms with Crippen molar-refractivity contribution in [3.8, 4) is 0 Å². The molecule has 2 unspecified atom stereocenters. The van der Waals surface area contributed by atoms with Gasteiger partial charge < -0.3 is 5.11 Å². The smallest absolute Gasteiger partial charge is 0.123 e. The molecule has 2 aliphatic rings. The average Bonchev–Trinajstić information content (AvgIpc) is 2.49. The minimum absolute atomic E-state index is 0.220. The number of benzene rings is 1. The van der Waals surface area contributed by atoms with E-state index in [4.69, 9.17) is 0 Å². The van der Waals surface area contributed by atoms with Crippen LogP contribution in [-0.2, 0) is 5.60 Å². The summed E-state index contributed by atoms with van der Waals surface area (Å²) in [5, 5.41) is 11.3. The molecular formula is C18H25FO. The average molecular weight is 276 g/mol. The van der Waals surface area contributed by atoms with Crippen LogP contribution in [0.25, 0.3) is 0 Å². The van der Waals surface area contributed by atoms with Gasteiger partial charge in [-0.25, -0.2) is 4.39 Å². The second-order valence-electron chi connectivity index (χ2n) is 6.68. The van der Waals surface area contributed by atoms with Crippen LogP contribution in [0.3, 0.4) is 0 Å². The van der Waals surface area contributed by atoms with Crippen LogP contribution in [0, 0.1) is 17.7 Å². The molecule has 0 heterocycles. The van der Waals surface area contributed by atoms with Crippen LogP contribution in [0.4, 0.5) is 4.39 Å². The molecule has 2 fully saturated rings. The molecule has 0 radical (unpaired) electrons. The van der Waals surface area contributed by atoms with E-state index in [0.717, 1.165) is 24.8 Å². The van der Waals surface area contributed by atoms with Crippen molar-refractivity contribution >= 4 is 0 Å². The maximum Gasteiger partial charge on any atom is 0.123 e. The lowest BCUT2D eigenvalue weighted by Gasteiger charge is -2.45. The van der Waals surface area contributed by atoms with Gasteiger partial charge in [0.25, 0.3) is 0 Å². The number of rotatable bonds is 2. The molecule has 1 aromatic carbocycles. The monoisotopic (exact) mass is 276 g/mol. The first-order chi connectivity index (χ1) is 9.70. The number of hydrogen-bond donors (Lipinski definition) is 1. The van der Waals surface area contributed by atoms with Gasteiger partial charge in [-0.05, 0) is 42.4 Å². The summed E-state index contributed by atoms with van der Waals surface area (Å²) in [6.07, 6.45) is 10.7. The van der Waals surface area contributed by atoms with Crippen molar-refractivity contribution in [3.63, 3.8) is 0 Å². The molecule has 1 aromatic rings. The molecule has 0 aliphatic heterocycles. The lowest BCUT2D eigenvalue weighted by Crippen LogP contribution is -2.42. The van der Waals surface area contributed by atoms with Crippen LogP contribution in [0.15, 0.2) is 24.3 Å². The molecule has 110 valence electrons. The summed E-state index contributed by atoms with van der Waals surface area (Å²) in [7, 11) is 0. The second kappa shape index (κ2) is 5.85. The Morgan fingerprint density at radius 3 is 2.25 bits per heavy atom. The van der Waals surface area contributed by atoms with E-state index in [1.54, 1.807) is 12.1 Å². The fourth-order valence-corrected chi connectivity index (χ4v) is 4.44. The van der Waals surface area contributed by atoms with Crippen LogP contribution >= 0.6 is 0 Å². The molecular weight excluding hydrogens is 251 g/mol. The Bertz CT molecular complexity index is 435. The third-order valence-electron chi connectivity index (χ3n) is 5.50. The molecule has 0 bridgehead atoms. The normalized spacial score (nSPS) is 32.2. The highest BCUT2D eigenvalue weighted by atomic mass is 19.1. The van der Waals surface area contributed by atoms with E-state index in [9.17, 15) is 9.50 Å². The topological polar surface area (TPSA) is 20.2 Å². The zero-order valence-corrected chi connectivity index (χ0v) is 12.2. The highest BCUT2D eigenvalue weighted by molar-refractivity contribution is 5.25. The zero-order chi connectivity index (χ0) is 14.0. The minimum atomic E-state index is -0.728. The Balaban J connectivity index is 1.88. The standard InChI is InChI=1S/C18H25FO/c19-16-11-9-15(10-12-16)18(20)13-5-4-8-17(18)14-6-2-1-3-7-14/h9-12,14,17,20H,1-8,13H2. The molecule has 1 N–H and O–H groups in total. The van der Waals surface area contributed by atoms with Gasteiger partial charge in [0.05, 0.1) is 5.60 Å². The number of aliphatic hydroxyl groups is 1. The van der Waals surface area contributed by atoms with Gasteiger partial charge in [-0.15, -0.1) is 0 Å². The summed E-state index contributed by atoms with van der Waals surface area (Å²) < 4.78 is 13.1. The Hall–Kier alpha value is -0.890. The molecule has 0 aromatic heterocycles. The third kappa shape index (κ3) is 2.63. The molecule has 0 spiro atoms. The van der Waals surface area contributed by atoms with E-state index in [0.29, 0.717) is 11.8 Å². The van der Waals surface area contributed by atoms with Gasteiger partial charge in [-0.2, -0.15) is 0 Å². The van der Waals surface area contributed by atoms with Crippen molar-refractivity contribution in [2.24, 2.45) is 11.8 Å². The highest BCUT2D eigenvalue weighted by Crippen LogP contribution is 2.48. The van der Waals surface area contributed by atoms with E-state index in [1.165, 1.54) is 50.7 Å². The fraction of sp³-hybridized carbons (Fsp3) is 0.667. The maximum atomic E-state index is 13.1. The lowest BCUT2D eigenvalue weighted by atomic mass is 9.63. The summed E-state index contributed by atoms with van der Waals surface area (Å²) in [6.45, 7) is 0. The Kier molecular flexibility index (Phi) is 4.11. The van der Waals surface area contributed by atoms with Gasteiger partial charge in [0.1, 0.15) is 5.82 Å². The molecule has 2 aliphatic carbocycles. The molecule has 0 saturated heterocycles. The van der Waals surface area contributed by atoms with Crippen LogP contribution in [0.5, 0.6) is 0 Å². The summed E-state index contributed by atoms with van der Waals surface area (Å²) in [6, 6.07) is 6.55. The van der Waals surface area contributed by atoms with Crippen molar-refractivity contribution in [1.82, 2.24) is 0 Å². The maximum absolute atomic E-state index is 13.1. The van der Waals surface area contributed by atoms with Crippen molar-refractivity contribution in [2.45, 2.75) is 63.4 Å². The first-order valence-electron chi connectivity index (χ1n) is 8.18. The van der Waals surface area contributed by atoms with E-state index in [2.05, 4.69) is 0 Å². The van der Waals surface area contributed by atoms with Crippen molar-refractivity contribution in [3.05, 3.63) is 35.6 Å². The first-order valence-corrected chi connectivity index (χ1v) is 8.18. The fourth-order valence-electron chi connectivity index (χ4n) is 4.44. The molecule has 2 saturated carbocycles. The van der Waals surface area contributed by atoms with Crippen LogP contribution in [0.2, 0.25) is 0 Å². The summed E-state index contributed by atoms with van der Waals surface area (Å²) in [4.78, 5) is 0. The predicted octanol–water partition coefficient (Wildman–Crippen LogP) is 4.78.